The molecule has 0 radical (unpaired) electrons. The van der Waals surface area contributed by atoms with Crippen molar-refractivity contribution in [2.24, 2.45) is 0 Å². The Balaban J connectivity index is 1.54. The van der Waals surface area contributed by atoms with E-state index >= 15 is 0 Å². The number of benzene rings is 2. The lowest BCUT2D eigenvalue weighted by atomic mass is 10.1. The Bertz CT molecular complexity index is 919. The molecule has 1 N–H and O–H groups in total. The topological polar surface area (TPSA) is 78.9 Å². The van der Waals surface area contributed by atoms with Gasteiger partial charge in [0.2, 0.25) is 15.9 Å². The molecule has 0 unspecified atom stereocenters. The molecule has 1 aliphatic heterocycles. The van der Waals surface area contributed by atoms with Crippen LogP contribution in [0.5, 0.6) is 5.75 Å². The minimum atomic E-state index is -3.47. The molecule has 1 heterocycles. The fraction of sp³-hybridized carbons (Fsp3) is 0.381. The van der Waals surface area contributed by atoms with Crippen molar-refractivity contribution in [3.05, 3.63) is 59.7 Å². The average Bonchev–Trinajstić information content (AvgIpc) is 2.73. The van der Waals surface area contributed by atoms with Crippen LogP contribution in [-0.4, -0.2) is 63.9 Å². The summed E-state index contributed by atoms with van der Waals surface area (Å²) in [7, 11) is 0.117. The van der Waals surface area contributed by atoms with Crippen molar-refractivity contribution < 1.29 is 17.9 Å². The Kier molecular flexibility index (Phi) is 6.89. The zero-order valence-electron chi connectivity index (χ0n) is 16.8. The highest BCUT2D eigenvalue weighted by Gasteiger charge is 2.27. The van der Waals surface area contributed by atoms with Gasteiger partial charge >= 0.3 is 0 Å². The van der Waals surface area contributed by atoms with E-state index in [2.05, 4.69) is 10.2 Å². The van der Waals surface area contributed by atoms with Crippen LogP contribution in [0.15, 0.2) is 53.4 Å². The number of sulfonamides is 1. The first-order chi connectivity index (χ1) is 13.9. The lowest BCUT2D eigenvalue weighted by Crippen LogP contribution is -2.47. The van der Waals surface area contributed by atoms with Crippen LogP contribution < -0.4 is 10.1 Å². The summed E-state index contributed by atoms with van der Waals surface area (Å²) in [6.07, 6.45) is 0.278. The molecule has 0 aliphatic carbocycles. The molecule has 1 aliphatic rings. The highest BCUT2D eigenvalue weighted by Crippen LogP contribution is 2.18. The molecule has 0 atom stereocenters. The van der Waals surface area contributed by atoms with Gasteiger partial charge in [0.05, 0.1) is 18.4 Å². The first-order valence-electron chi connectivity index (χ1n) is 9.56. The second kappa shape index (κ2) is 9.39. The number of nitrogens with one attached hydrogen (secondary N) is 1. The molecule has 29 heavy (non-hydrogen) atoms. The number of hydrogen-bond donors (Lipinski definition) is 1. The number of ether oxygens (including phenoxy) is 1. The lowest BCUT2D eigenvalue weighted by molar-refractivity contribution is -0.120. The van der Waals surface area contributed by atoms with Crippen LogP contribution in [0.4, 0.5) is 0 Å². The molecular weight excluding hydrogens is 390 g/mol. The van der Waals surface area contributed by atoms with Gasteiger partial charge in [0.1, 0.15) is 5.75 Å². The summed E-state index contributed by atoms with van der Waals surface area (Å²) >= 11 is 0. The fourth-order valence-electron chi connectivity index (χ4n) is 3.15. The van der Waals surface area contributed by atoms with Crippen molar-refractivity contribution in [3.63, 3.8) is 0 Å². The number of hydrogen-bond acceptors (Lipinski definition) is 5. The van der Waals surface area contributed by atoms with E-state index in [1.54, 1.807) is 31.4 Å². The number of nitrogens with zero attached hydrogens (tertiary/aromatic N) is 2. The van der Waals surface area contributed by atoms with E-state index in [9.17, 15) is 13.2 Å². The van der Waals surface area contributed by atoms with Gasteiger partial charge in [-0.05, 0) is 42.4 Å². The summed E-state index contributed by atoms with van der Waals surface area (Å²) in [4.78, 5) is 14.6. The van der Waals surface area contributed by atoms with Gasteiger partial charge in [0, 0.05) is 32.7 Å². The van der Waals surface area contributed by atoms with Crippen molar-refractivity contribution in [3.8, 4) is 5.75 Å². The standard InChI is InChI=1S/C21H27N3O4S/c1-23-11-13-24(14-12-23)29(26,27)20-9-5-18(6-10-20)16-22-21(25)15-17-3-7-19(28-2)8-4-17/h3-10H,11-16H2,1-2H3,(H,22,25). The van der Waals surface area contributed by atoms with Crippen molar-refractivity contribution in [1.29, 1.82) is 0 Å². The number of amides is 1. The molecule has 2 aromatic rings. The summed E-state index contributed by atoms with van der Waals surface area (Å²) in [5, 5.41) is 2.87. The van der Waals surface area contributed by atoms with Gasteiger partial charge < -0.3 is 15.0 Å². The van der Waals surface area contributed by atoms with Crippen LogP contribution in [0, 0.1) is 0 Å². The highest BCUT2D eigenvalue weighted by atomic mass is 32.2. The van der Waals surface area contributed by atoms with Crippen molar-refractivity contribution in [1.82, 2.24) is 14.5 Å². The quantitative estimate of drug-likeness (QED) is 0.739. The molecular formula is C21H27N3O4S. The Hall–Kier alpha value is -2.42. The first-order valence-corrected chi connectivity index (χ1v) is 11.0. The zero-order valence-corrected chi connectivity index (χ0v) is 17.6. The number of methoxy groups -OCH3 is 1. The zero-order chi connectivity index (χ0) is 20.9. The second-order valence-corrected chi connectivity index (χ2v) is 9.09. The number of piperazine rings is 1. The third-order valence-corrected chi connectivity index (χ3v) is 6.95. The van der Waals surface area contributed by atoms with Gasteiger partial charge in [-0.25, -0.2) is 8.42 Å². The summed E-state index contributed by atoms with van der Waals surface area (Å²) in [5.74, 6) is 0.657. The average molecular weight is 418 g/mol. The van der Waals surface area contributed by atoms with Gasteiger partial charge in [-0.3, -0.25) is 4.79 Å². The molecule has 8 heteroatoms. The summed E-state index contributed by atoms with van der Waals surface area (Å²) in [6.45, 7) is 2.82. The molecule has 1 saturated heterocycles. The van der Waals surface area contributed by atoms with E-state index < -0.39 is 10.0 Å². The Morgan fingerprint density at radius 2 is 1.55 bits per heavy atom. The van der Waals surface area contributed by atoms with E-state index in [1.807, 2.05) is 31.3 Å². The maximum atomic E-state index is 12.7. The van der Waals surface area contributed by atoms with Gasteiger partial charge in [0.15, 0.2) is 0 Å². The van der Waals surface area contributed by atoms with E-state index in [1.165, 1.54) is 4.31 Å². The Morgan fingerprint density at radius 1 is 0.966 bits per heavy atom. The van der Waals surface area contributed by atoms with E-state index in [-0.39, 0.29) is 17.2 Å². The van der Waals surface area contributed by atoms with Crippen LogP contribution in [0.2, 0.25) is 0 Å². The largest absolute Gasteiger partial charge is 0.497 e. The smallest absolute Gasteiger partial charge is 0.243 e. The van der Waals surface area contributed by atoms with Crippen LogP contribution in [0.3, 0.4) is 0 Å². The molecule has 1 amide bonds. The van der Waals surface area contributed by atoms with E-state index in [4.69, 9.17) is 4.74 Å². The predicted molar refractivity (Wildman–Crippen MR) is 111 cm³/mol. The number of likely N-dealkylation sites (N-methyl/N-ethyl adjacent to an activating group) is 1. The molecule has 0 aromatic heterocycles. The minimum absolute atomic E-state index is 0.0932. The number of rotatable bonds is 7. The SMILES string of the molecule is COc1ccc(CC(=O)NCc2ccc(S(=O)(=O)N3CCN(C)CC3)cc2)cc1. The van der Waals surface area contributed by atoms with Crippen molar-refractivity contribution in [2.45, 2.75) is 17.9 Å². The molecule has 2 aromatic carbocycles. The normalized spacial score (nSPS) is 15.8. The van der Waals surface area contributed by atoms with E-state index in [0.717, 1.165) is 30.0 Å². The number of carbonyl (C=O) groups is 1. The second-order valence-electron chi connectivity index (χ2n) is 7.15. The van der Waals surface area contributed by atoms with Gasteiger partial charge in [-0.1, -0.05) is 24.3 Å². The monoisotopic (exact) mass is 417 g/mol. The van der Waals surface area contributed by atoms with Gasteiger partial charge in [-0.15, -0.1) is 0 Å². The van der Waals surface area contributed by atoms with Crippen molar-refractivity contribution in [2.75, 3.05) is 40.3 Å². The summed E-state index contributed by atoms with van der Waals surface area (Å²) < 4.78 is 32.1. The van der Waals surface area contributed by atoms with Crippen LogP contribution in [0.25, 0.3) is 0 Å². The van der Waals surface area contributed by atoms with E-state index in [0.29, 0.717) is 19.6 Å². The molecule has 3 rings (SSSR count). The third-order valence-electron chi connectivity index (χ3n) is 5.04. The minimum Gasteiger partial charge on any atom is -0.497 e. The lowest BCUT2D eigenvalue weighted by Gasteiger charge is -2.31. The van der Waals surface area contributed by atoms with Gasteiger partial charge in [-0.2, -0.15) is 4.31 Å². The van der Waals surface area contributed by atoms with Crippen LogP contribution in [0.1, 0.15) is 11.1 Å². The molecule has 7 nitrogen and oxygen atoms in total. The maximum Gasteiger partial charge on any atom is 0.243 e. The van der Waals surface area contributed by atoms with Crippen LogP contribution >= 0.6 is 0 Å². The maximum absolute atomic E-state index is 12.7. The Labute approximate surface area is 172 Å². The Morgan fingerprint density at radius 3 is 2.14 bits per heavy atom. The summed E-state index contributed by atoms with van der Waals surface area (Å²) in [6, 6.07) is 14.1. The molecule has 156 valence electrons. The molecule has 1 fully saturated rings. The van der Waals surface area contributed by atoms with Crippen molar-refractivity contribution >= 4 is 15.9 Å². The first kappa shape index (κ1) is 21.3. The summed E-state index contributed by atoms with van der Waals surface area (Å²) in [5.41, 5.74) is 1.75. The highest BCUT2D eigenvalue weighted by molar-refractivity contribution is 7.89. The fourth-order valence-corrected chi connectivity index (χ4v) is 4.57. The molecule has 0 saturated carbocycles. The third kappa shape index (κ3) is 5.56. The van der Waals surface area contributed by atoms with Crippen LogP contribution in [-0.2, 0) is 27.8 Å². The molecule has 0 spiro atoms. The van der Waals surface area contributed by atoms with Gasteiger partial charge in [0.25, 0.3) is 0 Å². The predicted octanol–water partition coefficient (Wildman–Crippen LogP) is 1.49. The number of carbonyl (C=O) groups excluding carboxylic acids is 1. The molecule has 0 bridgehead atoms.